The summed E-state index contributed by atoms with van der Waals surface area (Å²) in [4.78, 5) is 12.6. The summed E-state index contributed by atoms with van der Waals surface area (Å²) in [6.45, 7) is 3.78. The lowest BCUT2D eigenvalue weighted by molar-refractivity contribution is -0.120. The monoisotopic (exact) mass is 410 g/mol. The number of halogens is 2. The van der Waals surface area contributed by atoms with E-state index in [9.17, 15) is 4.79 Å². The van der Waals surface area contributed by atoms with Crippen LogP contribution in [0.1, 0.15) is 19.4 Å². The number of nitrogens with one attached hydrogen (secondary N) is 1. The maximum Gasteiger partial charge on any atom is 0.234 e. The third-order valence-corrected chi connectivity index (χ3v) is 4.47. The van der Waals surface area contributed by atoms with Crippen LogP contribution >= 0.6 is 31.9 Å². The van der Waals surface area contributed by atoms with Gasteiger partial charge in [-0.3, -0.25) is 4.79 Å². The second kappa shape index (κ2) is 6.20. The molecule has 0 heterocycles. The predicted octanol–water partition coefficient (Wildman–Crippen LogP) is 4.71. The Bertz CT molecular complexity index is 646. The number of nitrogens with two attached hydrogens (primary N) is 1. The number of hydrogen-bond acceptors (Lipinski definition) is 2. The van der Waals surface area contributed by atoms with Crippen LogP contribution in [0.5, 0.6) is 0 Å². The first-order chi connectivity index (χ1) is 9.82. The summed E-state index contributed by atoms with van der Waals surface area (Å²) >= 11 is 6.79. The van der Waals surface area contributed by atoms with Crippen LogP contribution in [0.4, 0.5) is 11.4 Å². The van der Waals surface area contributed by atoms with E-state index in [4.69, 9.17) is 5.73 Å². The minimum absolute atomic E-state index is 0.108. The van der Waals surface area contributed by atoms with Crippen LogP contribution in [-0.2, 0) is 10.2 Å². The van der Waals surface area contributed by atoms with Gasteiger partial charge in [-0.1, -0.05) is 46.3 Å². The number of carbonyl (C=O) groups is 1. The van der Waals surface area contributed by atoms with Crippen molar-refractivity contribution in [3.05, 3.63) is 57.0 Å². The largest absolute Gasteiger partial charge is 0.397 e. The van der Waals surface area contributed by atoms with E-state index in [2.05, 4.69) is 37.2 Å². The summed E-state index contributed by atoms with van der Waals surface area (Å²) in [7, 11) is 0. The predicted molar refractivity (Wildman–Crippen MR) is 94.4 cm³/mol. The molecule has 0 fully saturated rings. The van der Waals surface area contributed by atoms with Gasteiger partial charge in [-0.05, 0) is 47.5 Å². The zero-order valence-electron chi connectivity index (χ0n) is 11.8. The van der Waals surface area contributed by atoms with Crippen molar-refractivity contribution in [2.45, 2.75) is 19.3 Å². The van der Waals surface area contributed by atoms with Crippen molar-refractivity contribution < 1.29 is 4.79 Å². The molecule has 0 radical (unpaired) electrons. The molecular formula is C16H16Br2N2O. The first-order valence-electron chi connectivity index (χ1n) is 6.44. The molecule has 3 N–H and O–H groups in total. The van der Waals surface area contributed by atoms with E-state index in [1.54, 1.807) is 6.07 Å². The fourth-order valence-corrected chi connectivity index (χ4v) is 3.34. The number of amides is 1. The first-order valence-corrected chi connectivity index (χ1v) is 8.02. The van der Waals surface area contributed by atoms with Crippen LogP contribution in [0, 0.1) is 0 Å². The van der Waals surface area contributed by atoms with Gasteiger partial charge in [0.05, 0.1) is 16.8 Å². The third kappa shape index (κ3) is 3.47. The maximum atomic E-state index is 12.6. The highest BCUT2D eigenvalue weighted by Gasteiger charge is 2.30. The van der Waals surface area contributed by atoms with Crippen LogP contribution in [0.3, 0.4) is 0 Å². The van der Waals surface area contributed by atoms with Gasteiger partial charge in [0.1, 0.15) is 0 Å². The zero-order chi connectivity index (χ0) is 15.6. The van der Waals surface area contributed by atoms with Crippen molar-refractivity contribution in [1.82, 2.24) is 0 Å². The molecule has 2 aromatic rings. The smallest absolute Gasteiger partial charge is 0.234 e. The molecule has 0 spiro atoms. The van der Waals surface area contributed by atoms with Gasteiger partial charge in [0.25, 0.3) is 0 Å². The van der Waals surface area contributed by atoms with Gasteiger partial charge < -0.3 is 11.1 Å². The molecule has 110 valence electrons. The lowest BCUT2D eigenvalue weighted by atomic mass is 9.83. The third-order valence-electron chi connectivity index (χ3n) is 3.39. The first kappa shape index (κ1) is 16.0. The summed E-state index contributed by atoms with van der Waals surface area (Å²) in [6.07, 6.45) is 0. The molecule has 5 heteroatoms. The van der Waals surface area contributed by atoms with Gasteiger partial charge in [0.15, 0.2) is 0 Å². The summed E-state index contributed by atoms with van der Waals surface area (Å²) in [5.41, 5.74) is 7.38. The van der Waals surface area contributed by atoms with E-state index in [1.807, 2.05) is 50.2 Å². The summed E-state index contributed by atoms with van der Waals surface area (Å²) < 4.78 is 1.60. The number of carbonyl (C=O) groups excluding carboxylic acids is 1. The van der Waals surface area contributed by atoms with E-state index in [0.29, 0.717) is 11.4 Å². The van der Waals surface area contributed by atoms with Crippen LogP contribution in [-0.4, -0.2) is 5.91 Å². The molecule has 0 aromatic heterocycles. The van der Waals surface area contributed by atoms with Crippen LogP contribution in [0.2, 0.25) is 0 Å². The molecular weight excluding hydrogens is 396 g/mol. The quantitative estimate of drug-likeness (QED) is 0.718. The van der Waals surface area contributed by atoms with Crippen molar-refractivity contribution in [3.63, 3.8) is 0 Å². The van der Waals surface area contributed by atoms with E-state index >= 15 is 0 Å². The van der Waals surface area contributed by atoms with E-state index in [1.165, 1.54) is 0 Å². The lowest BCUT2D eigenvalue weighted by Gasteiger charge is -2.25. The average Bonchev–Trinajstić information content (AvgIpc) is 2.43. The van der Waals surface area contributed by atoms with Crippen molar-refractivity contribution in [2.75, 3.05) is 11.1 Å². The molecule has 0 saturated heterocycles. The Kier molecular flexibility index (Phi) is 4.74. The number of benzene rings is 2. The molecule has 0 aliphatic heterocycles. The Labute approximate surface area is 141 Å². The van der Waals surface area contributed by atoms with Crippen LogP contribution in [0.25, 0.3) is 0 Å². The van der Waals surface area contributed by atoms with E-state index < -0.39 is 5.41 Å². The summed E-state index contributed by atoms with van der Waals surface area (Å²) in [5, 5.41) is 2.91. The normalized spacial score (nSPS) is 11.2. The number of nitrogen functional groups attached to an aromatic ring is 1. The maximum absolute atomic E-state index is 12.6. The highest BCUT2D eigenvalue weighted by atomic mass is 79.9. The van der Waals surface area contributed by atoms with Crippen molar-refractivity contribution in [2.24, 2.45) is 0 Å². The minimum atomic E-state index is -0.653. The van der Waals surface area contributed by atoms with Crippen molar-refractivity contribution in [3.8, 4) is 0 Å². The zero-order valence-corrected chi connectivity index (χ0v) is 15.0. The molecule has 0 unspecified atom stereocenters. The molecule has 21 heavy (non-hydrogen) atoms. The topological polar surface area (TPSA) is 55.1 Å². The molecule has 3 nitrogen and oxygen atoms in total. The Balaban J connectivity index is 2.30. The van der Waals surface area contributed by atoms with Crippen LogP contribution in [0.15, 0.2) is 51.4 Å². The highest BCUT2D eigenvalue weighted by Crippen LogP contribution is 2.34. The fraction of sp³-hybridized carbons (Fsp3) is 0.188. The number of anilines is 2. The Morgan fingerprint density at radius 1 is 1.14 bits per heavy atom. The second-order valence-electron chi connectivity index (χ2n) is 5.30. The Hall–Kier alpha value is -1.33. The molecule has 0 aliphatic rings. The van der Waals surface area contributed by atoms with Crippen LogP contribution < -0.4 is 11.1 Å². The lowest BCUT2D eigenvalue weighted by Crippen LogP contribution is -2.35. The van der Waals surface area contributed by atoms with Gasteiger partial charge in [0, 0.05) is 8.95 Å². The van der Waals surface area contributed by atoms with Gasteiger partial charge in [-0.25, -0.2) is 0 Å². The fourth-order valence-electron chi connectivity index (χ4n) is 1.98. The standard InChI is InChI=1S/C16H16Br2N2O/c1-16(2,10-6-4-3-5-7-10)15(21)20-14-12(18)8-11(17)9-13(14)19/h3-9H,19H2,1-2H3,(H,20,21). The molecule has 0 bridgehead atoms. The van der Waals surface area contributed by atoms with Gasteiger partial charge in [0.2, 0.25) is 5.91 Å². The van der Waals surface area contributed by atoms with E-state index in [0.717, 1.165) is 14.5 Å². The molecule has 0 aliphatic carbocycles. The van der Waals surface area contributed by atoms with Crippen molar-refractivity contribution >= 4 is 49.1 Å². The number of rotatable bonds is 3. The summed E-state index contributed by atoms with van der Waals surface area (Å²) in [6, 6.07) is 13.3. The SMILES string of the molecule is CC(C)(C(=O)Nc1c(N)cc(Br)cc1Br)c1ccccc1. The molecule has 2 rings (SSSR count). The van der Waals surface area contributed by atoms with Gasteiger partial charge in [-0.15, -0.1) is 0 Å². The molecule has 2 aromatic carbocycles. The molecule has 0 atom stereocenters. The average molecular weight is 412 g/mol. The second-order valence-corrected chi connectivity index (χ2v) is 7.07. The summed E-state index contributed by atoms with van der Waals surface area (Å²) in [5.74, 6) is -0.108. The molecule has 1 amide bonds. The van der Waals surface area contributed by atoms with E-state index in [-0.39, 0.29) is 5.91 Å². The number of hydrogen-bond donors (Lipinski definition) is 2. The van der Waals surface area contributed by atoms with Gasteiger partial charge in [-0.2, -0.15) is 0 Å². The van der Waals surface area contributed by atoms with Gasteiger partial charge >= 0.3 is 0 Å². The Morgan fingerprint density at radius 2 is 1.76 bits per heavy atom. The molecule has 0 saturated carbocycles. The highest BCUT2D eigenvalue weighted by molar-refractivity contribution is 9.11. The Morgan fingerprint density at radius 3 is 2.33 bits per heavy atom. The van der Waals surface area contributed by atoms with Crippen molar-refractivity contribution in [1.29, 1.82) is 0 Å². The minimum Gasteiger partial charge on any atom is -0.397 e.